The zero-order chi connectivity index (χ0) is 17.6. The SMILES string of the molecule is Cc1nc2c(s1)CCc1oc(C(=O)NCc3ccc(Cl)cc3)c(C)c1-2. The van der Waals surface area contributed by atoms with Gasteiger partial charge in [0, 0.05) is 34.0 Å². The Kier molecular flexibility index (Phi) is 4.13. The Morgan fingerprint density at radius 1 is 1.28 bits per heavy atom. The van der Waals surface area contributed by atoms with Gasteiger partial charge < -0.3 is 9.73 Å². The number of furan rings is 1. The number of amides is 1. The van der Waals surface area contributed by atoms with Crippen LogP contribution in [0.25, 0.3) is 11.3 Å². The number of aromatic nitrogens is 1. The Bertz CT molecular complexity index is 957. The first-order valence-electron chi connectivity index (χ1n) is 8.14. The van der Waals surface area contributed by atoms with E-state index in [1.807, 2.05) is 38.1 Å². The number of nitrogens with one attached hydrogen (secondary N) is 1. The second kappa shape index (κ2) is 6.32. The summed E-state index contributed by atoms with van der Waals surface area (Å²) >= 11 is 7.61. The van der Waals surface area contributed by atoms with Crippen LogP contribution >= 0.6 is 22.9 Å². The lowest BCUT2D eigenvalue weighted by molar-refractivity contribution is 0.0920. The molecule has 2 aromatic heterocycles. The average Bonchev–Trinajstić information content (AvgIpc) is 3.13. The maximum absolute atomic E-state index is 12.6. The molecular formula is C19H17ClN2O2S. The molecule has 0 fully saturated rings. The normalized spacial score (nSPS) is 12.6. The van der Waals surface area contributed by atoms with Crippen LogP contribution in [0.3, 0.4) is 0 Å². The van der Waals surface area contributed by atoms with Crippen molar-refractivity contribution in [2.75, 3.05) is 0 Å². The van der Waals surface area contributed by atoms with Gasteiger partial charge in [-0.05, 0) is 38.0 Å². The van der Waals surface area contributed by atoms with E-state index < -0.39 is 0 Å². The minimum Gasteiger partial charge on any atom is -0.455 e. The molecule has 0 saturated carbocycles. The third-order valence-corrected chi connectivity index (χ3v) is 5.70. The van der Waals surface area contributed by atoms with Gasteiger partial charge in [-0.3, -0.25) is 4.79 Å². The molecular weight excluding hydrogens is 356 g/mol. The van der Waals surface area contributed by atoms with Crippen LogP contribution in [0.1, 0.15) is 37.3 Å². The minimum absolute atomic E-state index is 0.199. The molecule has 0 bridgehead atoms. The number of carbonyl (C=O) groups excluding carboxylic acids is 1. The fourth-order valence-corrected chi connectivity index (χ4v) is 4.27. The number of hydrogen-bond donors (Lipinski definition) is 1. The molecule has 0 atom stereocenters. The summed E-state index contributed by atoms with van der Waals surface area (Å²) in [6.07, 6.45) is 1.74. The number of thiazole rings is 1. The molecule has 0 radical (unpaired) electrons. The van der Waals surface area contributed by atoms with Gasteiger partial charge in [-0.25, -0.2) is 4.98 Å². The molecule has 1 aromatic carbocycles. The van der Waals surface area contributed by atoms with Crippen LogP contribution in [0.4, 0.5) is 0 Å². The second-order valence-electron chi connectivity index (χ2n) is 6.17. The molecule has 0 unspecified atom stereocenters. The van der Waals surface area contributed by atoms with Crippen LogP contribution in [-0.4, -0.2) is 10.9 Å². The van der Waals surface area contributed by atoms with Crippen molar-refractivity contribution in [2.24, 2.45) is 0 Å². The summed E-state index contributed by atoms with van der Waals surface area (Å²) in [5, 5.41) is 4.65. The molecule has 128 valence electrons. The van der Waals surface area contributed by atoms with Crippen molar-refractivity contribution in [3.05, 3.63) is 61.8 Å². The minimum atomic E-state index is -0.199. The summed E-state index contributed by atoms with van der Waals surface area (Å²) in [5.41, 5.74) is 3.85. The number of carbonyl (C=O) groups is 1. The predicted octanol–water partition coefficient (Wildman–Crippen LogP) is 4.70. The third kappa shape index (κ3) is 2.98. The quantitative estimate of drug-likeness (QED) is 0.724. The lowest BCUT2D eigenvalue weighted by Crippen LogP contribution is -2.23. The van der Waals surface area contributed by atoms with Crippen LogP contribution in [-0.2, 0) is 19.4 Å². The molecule has 25 heavy (non-hydrogen) atoms. The van der Waals surface area contributed by atoms with Crippen LogP contribution in [0, 0.1) is 13.8 Å². The molecule has 2 heterocycles. The molecule has 1 amide bonds. The van der Waals surface area contributed by atoms with Crippen molar-refractivity contribution in [1.29, 1.82) is 0 Å². The Hall–Kier alpha value is -2.11. The topological polar surface area (TPSA) is 55.1 Å². The Morgan fingerprint density at radius 2 is 2.04 bits per heavy atom. The monoisotopic (exact) mass is 372 g/mol. The second-order valence-corrected chi connectivity index (χ2v) is 7.89. The average molecular weight is 373 g/mol. The fraction of sp³-hybridized carbons (Fsp3) is 0.263. The Labute approximate surface area is 154 Å². The lowest BCUT2D eigenvalue weighted by atomic mass is 9.97. The summed E-state index contributed by atoms with van der Waals surface area (Å²) < 4.78 is 5.90. The highest BCUT2D eigenvalue weighted by Gasteiger charge is 2.29. The first-order chi connectivity index (χ1) is 12.0. The number of nitrogens with zero attached hydrogens (tertiary/aromatic N) is 1. The Morgan fingerprint density at radius 3 is 2.80 bits per heavy atom. The maximum Gasteiger partial charge on any atom is 0.287 e. The number of rotatable bonds is 3. The van der Waals surface area contributed by atoms with Crippen molar-refractivity contribution in [1.82, 2.24) is 10.3 Å². The van der Waals surface area contributed by atoms with Crippen molar-refractivity contribution in [3.8, 4) is 11.3 Å². The first kappa shape index (κ1) is 16.4. The number of aryl methyl sites for hydroxylation is 3. The summed E-state index contributed by atoms with van der Waals surface area (Å²) in [6, 6.07) is 7.41. The van der Waals surface area contributed by atoms with Gasteiger partial charge in [-0.15, -0.1) is 11.3 Å². The number of benzene rings is 1. The molecule has 1 aliphatic carbocycles. The molecule has 4 rings (SSSR count). The molecule has 1 N–H and O–H groups in total. The zero-order valence-corrected chi connectivity index (χ0v) is 15.6. The molecule has 0 spiro atoms. The van der Waals surface area contributed by atoms with E-state index in [1.54, 1.807) is 11.3 Å². The molecule has 1 aliphatic rings. The molecule has 4 nitrogen and oxygen atoms in total. The molecule has 3 aromatic rings. The van der Waals surface area contributed by atoms with E-state index in [0.717, 1.165) is 46.0 Å². The summed E-state index contributed by atoms with van der Waals surface area (Å²) in [7, 11) is 0. The van der Waals surface area contributed by atoms with E-state index in [1.165, 1.54) is 4.88 Å². The van der Waals surface area contributed by atoms with Gasteiger partial charge in [0.1, 0.15) is 5.76 Å². The van der Waals surface area contributed by atoms with Gasteiger partial charge >= 0.3 is 0 Å². The van der Waals surface area contributed by atoms with Crippen LogP contribution < -0.4 is 5.32 Å². The third-order valence-electron chi connectivity index (χ3n) is 4.41. The van der Waals surface area contributed by atoms with Gasteiger partial charge in [-0.2, -0.15) is 0 Å². The van der Waals surface area contributed by atoms with E-state index in [-0.39, 0.29) is 5.91 Å². The Balaban J connectivity index is 1.58. The van der Waals surface area contributed by atoms with Crippen LogP contribution in [0.5, 0.6) is 0 Å². The van der Waals surface area contributed by atoms with Gasteiger partial charge in [0.15, 0.2) is 5.76 Å². The zero-order valence-electron chi connectivity index (χ0n) is 14.0. The number of fused-ring (bicyclic) bond motifs is 3. The lowest BCUT2D eigenvalue weighted by Gasteiger charge is -2.09. The highest BCUT2D eigenvalue weighted by Crippen LogP contribution is 2.40. The number of hydrogen-bond acceptors (Lipinski definition) is 4. The van der Waals surface area contributed by atoms with E-state index in [4.69, 9.17) is 16.0 Å². The highest BCUT2D eigenvalue weighted by molar-refractivity contribution is 7.12. The van der Waals surface area contributed by atoms with E-state index in [9.17, 15) is 4.79 Å². The van der Waals surface area contributed by atoms with Crippen molar-refractivity contribution in [3.63, 3.8) is 0 Å². The highest BCUT2D eigenvalue weighted by atomic mass is 35.5. The maximum atomic E-state index is 12.6. The van der Waals surface area contributed by atoms with E-state index in [0.29, 0.717) is 17.3 Å². The van der Waals surface area contributed by atoms with Crippen LogP contribution in [0.15, 0.2) is 28.7 Å². The van der Waals surface area contributed by atoms with Crippen molar-refractivity contribution in [2.45, 2.75) is 33.2 Å². The van der Waals surface area contributed by atoms with E-state index in [2.05, 4.69) is 10.3 Å². The predicted molar refractivity (Wildman–Crippen MR) is 99.3 cm³/mol. The van der Waals surface area contributed by atoms with Crippen molar-refractivity contribution >= 4 is 28.8 Å². The standard InChI is InChI=1S/C19H17ClN2O2S/c1-10-16-14(7-8-15-17(16)22-11(2)25-15)24-18(10)19(23)21-9-12-3-5-13(20)6-4-12/h3-6H,7-9H2,1-2H3,(H,21,23). The molecule has 0 saturated heterocycles. The van der Waals surface area contributed by atoms with Gasteiger partial charge in [0.25, 0.3) is 5.91 Å². The fourth-order valence-electron chi connectivity index (χ4n) is 3.20. The van der Waals surface area contributed by atoms with Crippen molar-refractivity contribution < 1.29 is 9.21 Å². The van der Waals surface area contributed by atoms with Gasteiger partial charge in [-0.1, -0.05) is 23.7 Å². The number of halogens is 1. The summed E-state index contributed by atoms with van der Waals surface area (Å²) in [5.74, 6) is 1.06. The molecule has 0 aliphatic heterocycles. The van der Waals surface area contributed by atoms with Gasteiger partial charge in [0.2, 0.25) is 0 Å². The summed E-state index contributed by atoms with van der Waals surface area (Å²) in [6.45, 7) is 4.38. The van der Waals surface area contributed by atoms with Crippen LogP contribution in [0.2, 0.25) is 5.02 Å². The smallest absolute Gasteiger partial charge is 0.287 e. The summed E-state index contributed by atoms with van der Waals surface area (Å²) in [4.78, 5) is 18.5. The first-order valence-corrected chi connectivity index (χ1v) is 9.34. The van der Waals surface area contributed by atoms with E-state index >= 15 is 0 Å². The van der Waals surface area contributed by atoms with Gasteiger partial charge in [0.05, 0.1) is 10.7 Å². The molecule has 6 heteroatoms. The largest absolute Gasteiger partial charge is 0.455 e.